The van der Waals surface area contributed by atoms with E-state index in [0.717, 1.165) is 0 Å². The molecule has 0 aliphatic heterocycles. The molecular formula is C7H9ClF3NO4. The van der Waals surface area contributed by atoms with E-state index in [2.05, 4.69) is 0 Å². The fraction of sp³-hybridized carbons (Fsp3) is 0.714. The smallest absolute Gasteiger partial charge is 0.394 e. The lowest BCUT2D eigenvalue weighted by atomic mass is 10.3. The quantitative estimate of drug-likeness (QED) is 0.681. The van der Waals surface area contributed by atoms with E-state index in [0.29, 0.717) is 0 Å². The van der Waals surface area contributed by atoms with Crippen LogP contribution in [0, 0.1) is 11.8 Å². The third-order valence-electron chi connectivity index (χ3n) is 2.17. The van der Waals surface area contributed by atoms with Crippen LogP contribution in [0.1, 0.15) is 0 Å². The monoisotopic (exact) mass is 263 g/mol. The molecule has 0 aromatic carbocycles. The summed E-state index contributed by atoms with van der Waals surface area (Å²) in [7, 11) is 0. The summed E-state index contributed by atoms with van der Waals surface area (Å²) in [6.45, 7) is -0.680. The number of hydrogen-bond acceptors (Lipinski definition) is 3. The maximum absolute atomic E-state index is 12.2. The van der Waals surface area contributed by atoms with Gasteiger partial charge in [0.2, 0.25) is 0 Å². The second kappa shape index (κ2) is 4.88. The maximum Gasteiger partial charge on any atom is 0.394 e. The highest BCUT2D eigenvalue weighted by Crippen LogP contribution is 2.50. The molecule has 1 fully saturated rings. The summed E-state index contributed by atoms with van der Waals surface area (Å²) in [5.74, 6) is -6.47. The standard InChI is InChI=1S/C7H8F3NO4.ClH/c8-7(9,10)4-3(6(14)15)5(4)11-1-2(12)13;/h3-5,11H,1H2,(H,12,13)(H,14,15);1H/t3-,4-,5-;/m0./s1. The zero-order valence-corrected chi connectivity index (χ0v) is 8.51. The molecule has 1 rings (SSSR count). The second-order valence-electron chi connectivity index (χ2n) is 3.23. The van der Waals surface area contributed by atoms with Crippen molar-refractivity contribution >= 4 is 24.3 Å². The molecule has 9 heteroatoms. The first-order chi connectivity index (χ1) is 6.75. The molecule has 94 valence electrons. The van der Waals surface area contributed by atoms with Gasteiger partial charge in [0.05, 0.1) is 18.4 Å². The van der Waals surface area contributed by atoms with Crippen molar-refractivity contribution in [2.24, 2.45) is 11.8 Å². The van der Waals surface area contributed by atoms with E-state index in [4.69, 9.17) is 10.2 Å². The molecule has 0 unspecified atom stereocenters. The van der Waals surface area contributed by atoms with Crippen molar-refractivity contribution in [3.05, 3.63) is 0 Å². The van der Waals surface area contributed by atoms with Gasteiger partial charge in [0.15, 0.2) is 0 Å². The van der Waals surface area contributed by atoms with Crippen molar-refractivity contribution in [1.82, 2.24) is 5.32 Å². The molecule has 0 bridgehead atoms. The summed E-state index contributed by atoms with van der Waals surface area (Å²) < 4.78 is 36.5. The third-order valence-corrected chi connectivity index (χ3v) is 2.17. The first-order valence-electron chi connectivity index (χ1n) is 4.00. The van der Waals surface area contributed by atoms with Gasteiger partial charge < -0.3 is 15.5 Å². The van der Waals surface area contributed by atoms with E-state index in [1.807, 2.05) is 5.32 Å². The molecule has 0 saturated heterocycles. The van der Waals surface area contributed by atoms with Gasteiger partial charge in [-0.2, -0.15) is 13.2 Å². The minimum absolute atomic E-state index is 0. The van der Waals surface area contributed by atoms with Crippen molar-refractivity contribution in [3.63, 3.8) is 0 Å². The van der Waals surface area contributed by atoms with E-state index >= 15 is 0 Å². The molecule has 1 aliphatic carbocycles. The average Bonchev–Trinajstić information content (AvgIpc) is 2.73. The van der Waals surface area contributed by atoms with Crippen LogP contribution < -0.4 is 5.32 Å². The summed E-state index contributed by atoms with van der Waals surface area (Å²) in [6.07, 6.45) is -4.61. The molecule has 3 N–H and O–H groups in total. The maximum atomic E-state index is 12.2. The number of rotatable bonds is 4. The van der Waals surface area contributed by atoms with Crippen molar-refractivity contribution < 1.29 is 33.0 Å². The van der Waals surface area contributed by atoms with Gasteiger partial charge in [0.1, 0.15) is 0 Å². The Morgan fingerprint density at radius 1 is 1.25 bits per heavy atom. The highest BCUT2D eigenvalue weighted by molar-refractivity contribution is 5.85. The van der Waals surface area contributed by atoms with E-state index in [9.17, 15) is 22.8 Å². The number of halogens is 4. The van der Waals surface area contributed by atoms with Gasteiger partial charge in [-0.25, -0.2) is 0 Å². The highest BCUT2D eigenvalue weighted by Gasteiger charge is 2.67. The lowest BCUT2D eigenvalue weighted by molar-refractivity contribution is -0.160. The topological polar surface area (TPSA) is 86.6 Å². The van der Waals surface area contributed by atoms with Crippen LogP contribution in [-0.2, 0) is 9.59 Å². The Labute approximate surface area is 94.0 Å². The van der Waals surface area contributed by atoms with Crippen LogP contribution in [0.15, 0.2) is 0 Å². The molecule has 0 radical (unpaired) electrons. The minimum Gasteiger partial charge on any atom is -0.481 e. The van der Waals surface area contributed by atoms with Crippen LogP contribution in [0.3, 0.4) is 0 Å². The fourth-order valence-corrected chi connectivity index (χ4v) is 1.48. The summed E-state index contributed by atoms with van der Waals surface area (Å²) in [6, 6.07) is -1.33. The predicted molar refractivity (Wildman–Crippen MR) is 47.3 cm³/mol. The molecule has 3 atom stereocenters. The lowest BCUT2D eigenvalue weighted by Crippen LogP contribution is -2.29. The molecule has 1 saturated carbocycles. The van der Waals surface area contributed by atoms with E-state index in [-0.39, 0.29) is 12.4 Å². The summed E-state index contributed by atoms with van der Waals surface area (Å²) in [5.41, 5.74) is 0. The van der Waals surface area contributed by atoms with Gasteiger partial charge in [0, 0.05) is 6.04 Å². The molecule has 0 heterocycles. The Hall–Kier alpha value is -1.02. The number of alkyl halides is 3. The molecule has 0 amide bonds. The van der Waals surface area contributed by atoms with Crippen LogP contribution >= 0.6 is 12.4 Å². The van der Waals surface area contributed by atoms with Crippen LogP contribution in [0.4, 0.5) is 13.2 Å². The van der Waals surface area contributed by atoms with Crippen LogP contribution in [0.25, 0.3) is 0 Å². The Kier molecular flexibility index (Phi) is 4.56. The lowest BCUT2D eigenvalue weighted by Gasteiger charge is -2.04. The zero-order valence-electron chi connectivity index (χ0n) is 7.69. The second-order valence-corrected chi connectivity index (χ2v) is 3.23. The van der Waals surface area contributed by atoms with Gasteiger partial charge in [-0.3, -0.25) is 9.59 Å². The van der Waals surface area contributed by atoms with E-state index in [1.165, 1.54) is 0 Å². The minimum atomic E-state index is -4.61. The summed E-state index contributed by atoms with van der Waals surface area (Å²) in [4.78, 5) is 20.5. The number of carboxylic acid groups (broad SMARTS) is 2. The van der Waals surface area contributed by atoms with Crippen LogP contribution in [-0.4, -0.2) is 40.9 Å². The SMILES string of the molecule is Cl.O=C(O)CN[C@H]1[C@@H](C(=O)O)[C@@H]1C(F)(F)F. The first-order valence-corrected chi connectivity index (χ1v) is 4.00. The first kappa shape index (κ1) is 15.0. The van der Waals surface area contributed by atoms with E-state index in [1.54, 1.807) is 0 Å². The van der Waals surface area contributed by atoms with Crippen LogP contribution in [0.5, 0.6) is 0 Å². The van der Waals surface area contributed by atoms with Gasteiger partial charge in [-0.05, 0) is 0 Å². The average molecular weight is 264 g/mol. The van der Waals surface area contributed by atoms with Crippen molar-refractivity contribution in [1.29, 1.82) is 0 Å². The van der Waals surface area contributed by atoms with Crippen molar-refractivity contribution in [2.75, 3.05) is 6.54 Å². The molecule has 1 aliphatic rings. The fourth-order valence-electron chi connectivity index (χ4n) is 1.48. The molecule has 16 heavy (non-hydrogen) atoms. The normalized spacial score (nSPS) is 28.1. The number of carboxylic acids is 2. The summed E-state index contributed by atoms with van der Waals surface area (Å²) >= 11 is 0. The molecule has 0 aromatic rings. The number of aliphatic carboxylic acids is 2. The van der Waals surface area contributed by atoms with Gasteiger partial charge in [-0.15, -0.1) is 12.4 Å². The molecule has 0 spiro atoms. The van der Waals surface area contributed by atoms with Crippen molar-refractivity contribution in [3.8, 4) is 0 Å². The molecular weight excluding hydrogens is 255 g/mol. The van der Waals surface area contributed by atoms with Gasteiger partial charge in [0.25, 0.3) is 0 Å². The Balaban J connectivity index is 0.00000225. The Morgan fingerprint density at radius 2 is 1.75 bits per heavy atom. The zero-order chi connectivity index (χ0) is 11.8. The summed E-state index contributed by atoms with van der Waals surface area (Å²) in [5, 5.41) is 18.7. The molecule has 0 aromatic heterocycles. The predicted octanol–water partition coefficient (Wildman–Crippen LogP) is 0.344. The van der Waals surface area contributed by atoms with Gasteiger partial charge in [-0.1, -0.05) is 0 Å². The largest absolute Gasteiger partial charge is 0.481 e. The Morgan fingerprint density at radius 3 is 2.00 bits per heavy atom. The Bertz CT molecular complexity index is 296. The van der Waals surface area contributed by atoms with Crippen LogP contribution in [0.2, 0.25) is 0 Å². The molecule has 5 nitrogen and oxygen atoms in total. The number of carbonyl (C=O) groups is 2. The van der Waals surface area contributed by atoms with Crippen molar-refractivity contribution in [2.45, 2.75) is 12.2 Å². The third kappa shape index (κ3) is 3.24. The number of hydrogen-bond donors (Lipinski definition) is 3. The highest BCUT2D eigenvalue weighted by atomic mass is 35.5. The van der Waals surface area contributed by atoms with Gasteiger partial charge >= 0.3 is 18.1 Å². The number of nitrogens with one attached hydrogen (secondary N) is 1. The van der Waals surface area contributed by atoms with E-state index < -0.39 is 42.5 Å².